The summed E-state index contributed by atoms with van der Waals surface area (Å²) in [5, 5.41) is 0. The number of pyridine rings is 1. The minimum Gasteiger partial charge on any atom is -0.316 e. The van der Waals surface area contributed by atoms with Gasteiger partial charge < -0.3 is 9.80 Å². The van der Waals surface area contributed by atoms with E-state index in [9.17, 15) is 0 Å². The van der Waals surface area contributed by atoms with Crippen molar-refractivity contribution >= 4 is 22.9 Å². The van der Waals surface area contributed by atoms with Gasteiger partial charge in [0.2, 0.25) is 0 Å². The van der Waals surface area contributed by atoms with E-state index < -0.39 is 0 Å². The molecule has 6 rings (SSSR count). The number of para-hydroxylation sites is 2. The standard InChI is InChI=1S/C25H19N3/c1-2-9-18(10-3-1)20-12-5-7-14-22(20)28-24-17-19-11-4-6-13-21(19)27(24)23-15-8-16-26-25(23)28/h1-16,24H,17H2. The number of nitrogens with zero attached hydrogens (tertiary/aromatic N) is 3. The van der Waals surface area contributed by atoms with Gasteiger partial charge >= 0.3 is 0 Å². The molecule has 0 bridgehead atoms. The van der Waals surface area contributed by atoms with Crippen molar-refractivity contribution in [2.24, 2.45) is 0 Å². The molecule has 28 heavy (non-hydrogen) atoms. The van der Waals surface area contributed by atoms with E-state index in [1.54, 1.807) is 0 Å². The van der Waals surface area contributed by atoms with Gasteiger partial charge in [-0.05, 0) is 35.4 Å². The number of aromatic nitrogens is 1. The van der Waals surface area contributed by atoms with Crippen LogP contribution in [-0.4, -0.2) is 11.1 Å². The molecule has 0 fully saturated rings. The molecule has 0 spiro atoms. The predicted octanol–water partition coefficient (Wildman–Crippen LogP) is 5.92. The van der Waals surface area contributed by atoms with Gasteiger partial charge in [-0.15, -0.1) is 0 Å². The maximum Gasteiger partial charge on any atom is 0.158 e. The highest BCUT2D eigenvalue weighted by molar-refractivity contribution is 5.92. The lowest BCUT2D eigenvalue weighted by Crippen LogP contribution is -2.36. The molecular formula is C25H19N3. The van der Waals surface area contributed by atoms with Crippen LogP contribution in [0.1, 0.15) is 5.56 Å². The van der Waals surface area contributed by atoms with Crippen LogP contribution < -0.4 is 9.80 Å². The van der Waals surface area contributed by atoms with Gasteiger partial charge in [-0.2, -0.15) is 0 Å². The first-order chi connectivity index (χ1) is 13.9. The van der Waals surface area contributed by atoms with Crippen molar-refractivity contribution < 1.29 is 0 Å². The van der Waals surface area contributed by atoms with Crippen LogP contribution in [0.5, 0.6) is 0 Å². The van der Waals surface area contributed by atoms with Crippen LogP contribution in [0.3, 0.4) is 0 Å². The summed E-state index contributed by atoms with van der Waals surface area (Å²) in [4.78, 5) is 9.65. The minimum absolute atomic E-state index is 0.215. The molecule has 1 unspecified atom stereocenters. The number of benzene rings is 3. The Labute approximate surface area is 164 Å². The highest BCUT2D eigenvalue weighted by atomic mass is 15.5. The average molecular weight is 361 g/mol. The molecule has 2 aliphatic heterocycles. The molecule has 3 heterocycles. The maximum absolute atomic E-state index is 4.79. The molecule has 1 aromatic heterocycles. The molecule has 3 nitrogen and oxygen atoms in total. The lowest BCUT2D eigenvalue weighted by atomic mass is 10.0. The molecule has 3 heteroatoms. The fraction of sp³-hybridized carbons (Fsp3) is 0.0800. The third-order valence-electron chi connectivity index (χ3n) is 5.75. The maximum atomic E-state index is 4.79. The van der Waals surface area contributed by atoms with Gasteiger partial charge in [-0.1, -0.05) is 66.7 Å². The van der Waals surface area contributed by atoms with Crippen molar-refractivity contribution in [3.8, 4) is 11.1 Å². The number of fused-ring (bicyclic) bond motifs is 5. The summed E-state index contributed by atoms with van der Waals surface area (Å²) in [5.74, 6) is 1.03. The van der Waals surface area contributed by atoms with E-state index in [1.807, 2.05) is 12.3 Å². The molecule has 4 aromatic rings. The van der Waals surface area contributed by atoms with Crippen LogP contribution in [0.2, 0.25) is 0 Å². The second-order valence-electron chi connectivity index (χ2n) is 7.28. The largest absolute Gasteiger partial charge is 0.316 e. The summed E-state index contributed by atoms with van der Waals surface area (Å²) < 4.78 is 0. The number of rotatable bonds is 2. The van der Waals surface area contributed by atoms with Crippen LogP contribution in [0, 0.1) is 0 Å². The summed E-state index contributed by atoms with van der Waals surface area (Å²) in [6, 6.07) is 32.2. The van der Waals surface area contributed by atoms with Gasteiger partial charge in [0, 0.05) is 23.9 Å². The monoisotopic (exact) mass is 361 g/mol. The molecule has 1 atom stereocenters. The van der Waals surface area contributed by atoms with Gasteiger partial charge in [-0.25, -0.2) is 4.98 Å². The van der Waals surface area contributed by atoms with Crippen molar-refractivity contribution in [2.75, 3.05) is 9.80 Å². The van der Waals surface area contributed by atoms with Crippen LogP contribution >= 0.6 is 0 Å². The highest BCUT2D eigenvalue weighted by Crippen LogP contribution is 2.52. The van der Waals surface area contributed by atoms with Crippen molar-refractivity contribution in [1.29, 1.82) is 0 Å². The topological polar surface area (TPSA) is 19.4 Å². The van der Waals surface area contributed by atoms with Crippen LogP contribution in [0.25, 0.3) is 11.1 Å². The zero-order valence-electron chi connectivity index (χ0n) is 15.4. The lowest BCUT2D eigenvalue weighted by Gasteiger charge is -2.29. The van der Waals surface area contributed by atoms with E-state index in [4.69, 9.17) is 4.98 Å². The SMILES string of the molecule is c1ccc(-c2ccccc2N2c3ncccc3N3c4ccccc4CC32)cc1. The normalized spacial score (nSPS) is 16.6. The van der Waals surface area contributed by atoms with E-state index in [-0.39, 0.29) is 6.17 Å². The molecule has 0 aliphatic carbocycles. The van der Waals surface area contributed by atoms with E-state index in [1.165, 1.54) is 33.8 Å². The first-order valence-electron chi connectivity index (χ1n) is 9.68. The summed E-state index contributed by atoms with van der Waals surface area (Å²) in [7, 11) is 0. The zero-order valence-corrected chi connectivity index (χ0v) is 15.4. The van der Waals surface area contributed by atoms with Crippen molar-refractivity contribution in [3.63, 3.8) is 0 Å². The molecule has 0 N–H and O–H groups in total. The molecule has 2 aliphatic rings. The third-order valence-corrected chi connectivity index (χ3v) is 5.75. The van der Waals surface area contributed by atoms with Gasteiger partial charge in [0.15, 0.2) is 5.82 Å². The molecule has 0 saturated heterocycles. The molecule has 3 aromatic carbocycles. The number of anilines is 4. The molecule has 0 saturated carbocycles. The first kappa shape index (κ1) is 15.5. The van der Waals surface area contributed by atoms with Crippen molar-refractivity contribution in [3.05, 3.63) is 103 Å². The zero-order chi connectivity index (χ0) is 18.5. The fourth-order valence-electron chi connectivity index (χ4n) is 4.59. The Morgan fingerprint density at radius 1 is 0.643 bits per heavy atom. The Morgan fingerprint density at radius 3 is 2.25 bits per heavy atom. The van der Waals surface area contributed by atoms with Gasteiger partial charge in [0.25, 0.3) is 0 Å². The third kappa shape index (κ3) is 2.13. The summed E-state index contributed by atoms with van der Waals surface area (Å²) in [6.45, 7) is 0. The highest BCUT2D eigenvalue weighted by Gasteiger charge is 2.44. The summed E-state index contributed by atoms with van der Waals surface area (Å²) >= 11 is 0. The van der Waals surface area contributed by atoms with E-state index in [2.05, 4.69) is 94.7 Å². The molecule has 134 valence electrons. The molecular weight excluding hydrogens is 342 g/mol. The summed E-state index contributed by atoms with van der Waals surface area (Å²) in [6.07, 6.45) is 3.09. The Kier molecular flexibility index (Phi) is 3.29. The Hall–Kier alpha value is -3.59. The quantitative estimate of drug-likeness (QED) is 0.442. The minimum atomic E-state index is 0.215. The average Bonchev–Trinajstić information content (AvgIpc) is 3.29. The Balaban J connectivity index is 1.57. The lowest BCUT2D eigenvalue weighted by molar-refractivity contribution is 0.726. The molecule has 0 amide bonds. The van der Waals surface area contributed by atoms with Gasteiger partial charge in [-0.3, -0.25) is 0 Å². The predicted molar refractivity (Wildman–Crippen MR) is 114 cm³/mol. The fourth-order valence-corrected chi connectivity index (χ4v) is 4.59. The first-order valence-corrected chi connectivity index (χ1v) is 9.68. The Morgan fingerprint density at radius 2 is 1.36 bits per heavy atom. The van der Waals surface area contributed by atoms with E-state index >= 15 is 0 Å². The smallest absolute Gasteiger partial charge is 0.158 e. The number of hydrogen-bond donors (Lipinski definition) is 0. The van der Waals surface area contributed by atoms with Crippen LogP contribution in [0.15, 0.2) is 97.2 Å². The summed E-state index contributed by atoms with van der Waals surface area (Å²) in [5.41, 5.74) is 7.53. The number of hydrogen-bond acceptors (Lipinski definition) is 3. The van der Waals surface area contributed by atoms with E-state index in [0.29, 0.717) is 0 Å². The second-order valence-corrected chi connectivity index (χ2v) is 7.28. The van der Waals surface area contributed by atoms with Crippen LogP contribution in [-0.2, 0) is 6.42 Å². The molecule has 0 radical (unpaired) electrons. The van der Waals surface area contributed by atoms with Gasteiger partial charge in [0.05, 0.1) is 11.4 Å². The van der Waals surface area contributed by atoms with E-state index in [0.717, 1.165) is 12.2 Å². The second kappa shape index (κ2) is 5.96. The van der Waals surface area contributed by atoms with Crippen molar-refractivity contribution in [1.82, 2.24) is 4.98 Å². The van der Waals surface area contributed by atoms with Crippen LogP contribution in [0.4, 0.5) is 22.9 Å². The van der Waals surface area contributed by atoms with Gasteiger partial charge in [0.1, 0.15) is 6.17 Å². The Bertz CT molecular complexity index is 1170. The van der Waals surface area contributed by atoms with Crippen molar-refractivity contribution in [2.45, 2.75) is 12.6 Å².